The largest absolute Gasteiger partial charge is 0.368 e. The first-order valence-electron chi connectivity index (χ1n) is 7.63. The van der Waals surface area contributed by atoms with E-state index in [9.17, 15) is 4.79 Å². The predicted molar refractivity (Wildman–Crippen MR) is 85.9 cm³/mol. The third-order valence-corrected chi connectivity index (χ3v) is 4.85. The van der Waals surface area contributed by atoms with Gasteiger partial charge in [-0.25, -0.2) is 0 Å². The Labute approximate surface area is 131 Å². The van der Waals surface area contributed by atoms with Crippen LogP contribution in [0.5, 0.6) is 0 Å². The third kappa shape index (κ3) is 3.01. The fraction of sp³-hybridized carbons (Fsp3) is 0.562. The topological polar surface area (TPSA) is 35.6 Å². The molecule has 0 bridgehead atoms. The summed E-state index contributed by atoms with van der Waals surface area (Å²) in [6.45, 7) is 6.32. The Morgan fingerprint density at radius 3 is 2.43 bits per heavy atom. The summed E-state index contributed by atoms with van der Waals surface area (Å²) in [5.74, 6) is 0.260. The smallest absolute Gasteiger partial charge is 0.242 e. The highest BCUT2D eigenvalue weighted by molar-refractivity contribution is 6.30. The summed E-state index contributed by atoms with van der Waals surface area (Å²) in [6.07, 6.45) is 2.04. The van der Waals surface area contributed by atoms with Crippen LogP contribution in [0.15, 0.2) is 24.3 Å². The van der Waals surface area contributed by atoms with Gasteiger partial charge >= 0.3 is 0 Å². The van der Waals surface area contributed by atoms with Gasteiger partial charge in [0.2, 0.25) is 5.91 Å². The van der Waals surface area contributed by atoms with Crippen molar-refractivity contribution in [2.45, 2.75) is 25.3 Å². The predicted octanol–water partition coefficient (Wildman–Crippen LogP) is 2.13. The zero-order valence-corrected chi connectivity index (χ0v) is 13.2. The first kappa shape index (κ1) is 14.7. The van der Waals surface area contributed by atoms with E-state index in [1.54, 1.807) is 0 Å². The molecule has 114 valence electrons. The van der Waals surface area contributed by atoms with E-state index < -0.39 is 0 Å². The number of nitrogens with one attached hydrogen (secondary N) is 1. The normalized spacial score (nSPS) is 26.2. The summed E-state index contributed by atoms with van der Waals surface area (Å²) in [5.41, 5.74) is 0.833. The molecule has 1 amide bonds. The average molecular weight is 308 g/mol. The van der Waals surface area contributed by atoms with E-state index in [1.807, 2.05) is 36.1 Å². The van der Waals surface area contributed by atoms with Gasteiger partial charge in [0.05, 0.1) is 5.54 Å². The summed E-state index contributed by atoms with van der Waals surface area (Å²) in [6, 6.07) is 7.91. The molecular formula is C16H22ClN3O. The van der Waals surface area contributed by atoms with Crippen molar-refractivity contribution >= 4 is 23.2 Å². The molecule has 5 heteroatoms. The van der Waals surface area contributed by atoms with Gasteiger partial charge in [-0.2, -0.15) is 0 Å². The Bertz CT molecular complexity index is 503. The Morgan fingerprint density at radius 1 is 1.19 bits per heavy atom. The van der Waals surface area contributed by atoms with Gasteiger partial charge in [-0.05, 0) is 50.6 Å². The van der Waals surface area contributed by atoms with E-state index in [2.05, 4.69) is 10.2 Å². The molecule has 0 aromatic heterocycles. The molecule has 3 rings (SSSR count). The van der Waals surface area contributed by atoms with E-state index in [0.717, 1.165) is 50.6 Å². The van der Waals surface area contributed by atoms with Crippen LogP contribution in [0.4, 0.5) is 5.69 Å². The van der Waals surface area contributed by atoms with Crippen LogP contribution in [0.2, 0.25) is 5.02 Å². The summed E-state index contributed by atoms with van der Waals surface area (Å²) in [5, 5.41) is 4.12. The molecule has 0 aliphatic carbocycles. The number of halogens is 1. The molecule has 2 saturated heterocycles. The number of hydrogen-bond acceptors (Lipinski definition) is 3. The number of anilines is 1. The summed E-state index contributed by atoms with van der Waals surface area (Å²) >= 11 is 5.93. The second-order valence-electron chi connectivity index (χ2n) is 6.12. The molecule has 2 aliphatic heterocycles. The molecule has 4 nitrogen and oxygen atoms in total. The fourth-order valence-corrected chi connectivity index (χ4v) is 3.37. The van der Waals surface area contributed by atoms with Crippen molar-refractivity contribution in [2.24, 2.45) is 0 Å². The number of carbonyl (C=O) groups excluding carboxylic acids is 1. The number of hydrogen-bond donors (Lipinski definition) is 1. The lowest BCUT2D eigenvalue weighted by Gasteiger charge is -2.39. The van der Waals surface area contributed by atoms with E-state index in [0.29, 0.717) is 0 Å². The quantitative estimate of drug-likeness (QED) is 0.909. The SMILES string of the molecule is CC1(C(=O)N2CCN(c3ccc(Cl)cc3)CC2)CCCN1. The second kappa shape index (κ2) is 5.85. The standard InChI is InChI=1S/C16H22ClN3O/c1-16(7-2-8-18-16)15(21)20-11-9-19(10-12-20)14-5-3-13(17)4-6-14/h3-6,18H,2,7-12H2,1H3. The van der Waals surface area contributed by atoms with Crippen LogP contribution >= 0.6 is 11.6 Å². The van der Waals surface area contributed by atoms with Crippen molar-refractivity contribution in [3.63, 3.8) is 0 Å². The van der Waals surface area contributed by atoms with E-state index >= 15 is 0 Å². The average Bonchev–Trinajstić information content (AvgIpc) is 2.96. The molecule has 0 saturated carbocycles. The van der Waals surface area contributed by atoms with Gasteiger partial charge < -0.3 is 15.1 Å². The maximum absolute atomic E-state index is 12.6. The molecular weight excluding hydrogens is 286 g/mol. The van der Waals surface area contributed by atoms with Crippen molar-refractivity contribution in [2.75, 3.05) is 37.6 Å². The minimum absolute atomic E-state index is 0.260. The summed E-state index contributed by atoms with van der Waals surface area (Å²) in [7, 11) is 0. The Balaban J connectivity index is 1.60. The lowest BCUT2D eigenvalue weighted by atomic mass is 9.98. The van der Waals surface area contributed by atoms with Gasteiger partial charge in [0, 0.05) is 36.9 Å². The highest BCUT2D eigenvalue weighted by Gasteiger charge is 2.39. The van der Waals surface area contributed by atoms with Crippen molar-refractivity contribution in [1.82, 2.24) is 10.2 Å². The van der Waals surface area contributed by atoms with Crippen LogP contribution in [0.3, 0.4) is 0 Å². The summed E-state index contributed by atoms with van der Waals surface area (Å²) < 4.78 is 0. The number of benzene rings is 1. The van der Waals surface area contributed by atoms with Gasteiger partial charge in [0.1, 0.15) is 0 Å². The maximum Gasteiger partial charge on any atom is 0.242 e. The third-order valence-electron chi connectivity index (χ3n) is 4.60. The van der Waals surface area contributed by atoms with Gasteiger partial charge in [-0.3, -0.25) is 4.79 Å². The zero-order chi connectivity index (χ0) is 14.9. The van der Waals surface area contributed by atoms with Gasteiger partial charge in [0.15, 0.2) is 0 Å². The first-order chi connectivity index (χ1) is 10.1. The molecule has 1 aromatic carbocycles. The number of carbonyl (C=O) groups is 1. The Hall–Kier alpha value is -1.26. The highest BCUT2D eigenvalue weighted by Crippen LogP contribution is 2.24. The molecule has 2 aliphatic rings. The Morgan fingerprint density at radius 2 is 1.86 bits per heavy atom. The molecule has 0 radical (unpaired) electrons. The van der Waals surface area contributed by atoms with Crippen molar-refractivity contribution in [3.8, 4) is 0 Å². The van der Waals surface area contributed by atoms with Crippen LogP contribution < -0.4 is 10.2 Å². The monoisotopic (exact) mass is 307 g/mol. The van der Waals surface area contributed by atoms with Crippen molar-refractivity contribution in [3.05, 3.63) is 29.3 Å². The Kier molecular flexibility index (Phi) is 4.09. The minimum atomic E-state index is -0.345. The van der Waals surface area contributed by atoms with Gasteiger partial charge in [0.25, 0.3) is 0 Å². The lowest BCUT2D eigenvalue weighted by molar-refractivity contribution is -0.137. The van der Waals surface area contributed by atoms with Crippen molar-refractivity contribution in [1.29, 1.82) is 0 Å². The van der Waals surface area contributed by atoms with Crippen LogP contribution in [-0.2, 0) is 4.79 Å². The van der Waals surface area contributed by atoms with Crippen LogP contribution in [0.1, 0.15) is 19.8 Å². The zero-order valence-electron chi connectivity index (χ0n) is 12.4. The van der Waals surface area contributed by atoms with Crippen LogP contribution in [0, 0.1) is 0 Å². The maximum atomic E-state index is 12.6. The molecule has 1 unspecified atom stereocenters. The lowest BCUT2D eigenvalue weighted by Crippen LogP contribution is -2.58. The number of nitrogens with zero attached hydrogens (tertiary/aromatic N) is 2. The van der Waals surface area contributed by atoms with Gasteiger partial charge in [-0.15, -0.1) is 0 Å². The van der Waals surface area contributed by atoms with E-state index in [4.69, 9.17) is 11.6 Å². The molecule has 2 fully saturated rings. The molecule has 21 heavy (non-hydrogen) atoms. The minimum Gasteiger partial charge on any atom is -0.368 e. The number of rotatable bonds is 2. The van der Waals surface area contributed by atoms with E-state index in [1.165, 1.54) is 5.69 Å². The van der Waals surface area contributed by atoms with Crippen molar-refractivity contribution < 1.29 is 4.79 Å². The molecule has 1 aromatic rings. The molecule has 2 heterocycles. The first-order valence-corrected chi connectivity index (χ1v) is 8.01. The van der Waals surface area contributed by atoms with Crippen LogP contribution in [-0.4, -0.2) is 49.1 Å². The highest BCUT2D eigenvalue weighted by atomic mass is 35.5. The van der Waals surface area contributed by atoms with Crippen LogP contribution in [0.25, 0.3) is 0 Å². The van der Waals surface area contributed by atoms with E-state index in [-0.39, 0.29) is 11.4 Å². The molecule has 1 N–H and O–H groups in total. The number of amides is 1. The molecule has 1 atom stereocenters. The second-order valence-corrected chi connectivity index (χ2v) is 6.55. The number of piperazine rings is 1. The van der Waals surface area contributed by atoms with Gasteiger partial charge in [-0.1, -0.05) is 11.6 Å². The fourth-order valence-electron chi connectivity index (χ4n) is 3.25. The molecule has 0 spiro atoms. The summed E-state index contributed by atoms with van der Waals surface area (Å²) in [4.78, 5) is 17.0.